The van der Waals surface area contributed by atoms with Crippen LogP contribution in [0.2, 0.25) is 0 Å². The lowest BCUT2D eigenvalue weighted by Gasteiger charge is -2.59. The minimum Gasteiger partial charge on any atom is -0.396 e. The van der Waals surface area contributed by atoms with Crippen molar-refractivity contribution < 1.29 is 20.4 Å². The van der Waals surface area contributed by atoms with Crippen LogP contribution in [0.15, 0.2) is 0 Å². The Morgan fingerprint density at radius 3 is 2.24 bits per heavy atom. The maximum Gasteiger partial charge on any atom is 0.0758 e. The molecule has 5 aliphatic rings. The SMILES string of the molecule is C[C@H]1C[C@H]1[C@]1(O)CC(O)CC[C@]1(C)C1CCC2(C)C(C1)[C@H]1CC1[C@@]2(O)CCCO. The number of aliphatic hydroxyl groups excluding tert-OH is 2. The standard InChI is InChI=1S/C25H42O4/c1-15-11-19(15)25(29)14-17(27)6-9-22(25,2)16-5-8-23(3)20(12-16)18-13-21(18)24(23,28)7-4-10-26/h15-21,26-29H,4-14H2,1-3H3/t15-,16?,17?,18+,19+,20?,21?,22+,23?,24-,25+/m0/s1. The molecule has 11 atom stereocenters. The second kappa shape index (κ2) is 6.43. The molecule has 0 heterocycles. The van der Waals surface area contributed by atoms with Gasteiger partial charge in [0.05, 0.1) is 17.3 Å². The van der Waals surface area contributed by atoms with Crippen molar-refractivity contribution in [2.45, 2.75) is 102 Å². The van der Waals surface area contributed by atoms with Crippen LogP contribution in [0, 0.1) is 46.3 Å². The fourth-order valence-corrected chi connectivity index (χ4v) is 9.06. The van der Waals surface area contributed by atoms with Crippen LogP contribution in [0.3, 0.4) is 0 Å². The Bertz CT molecular complexity index is 667. The van der Waals surface area contributed by atoms with Crippen molar-refractivity contribution in [3.05, 3.63) is 0 Å². The van der Waals surface area contributed by atoms with Crippen LogP contribution >= 0.6 is 0 Å². The fraction of sp³-hybridized carbons (Fsp3) is 1.00. The number of hydrogen-bond donors (Lipinski definition) is 4. The van der Waals surface area contributed by atoms with Crippen molar-refractivity contribution in [3.8, 4) is 0 Å². The summed E-state index contributed by atoms with van der Waals surface area (Å²) in [4.78, 5) is 0. The van der Waals surface area contributed by atoms with Crippen LogP contribution in [0.25, 0.3) is 0 Å². The molecule has 5 rings (SSSR count). The molecule has 4 heteroatoms. The van der Waals surface area contributed by atoms with Gasteiger partial charge in [0.15, 0.2) is 0 Å². The number of fused-ring (bicyclic) bond motifs is 3. The van der Waals surface area contributed by atoms with Gasteiger partial charge in [0.2, 0.25) is 0 Å². The van der Waals surface area contributed by atoms with E-state index >= 15 is 0 Å². The molecule has 0 aliphatic heterocycles. The van der Waals surface area contributed by atoms with Crippen molar-refractivity contribution in [2.75, 3.05) is 6.61 Å². The monoisotopic (exact) mass is 406 g/mol. The first-order valence-corrected chi connectivity index (χ1v) is 12.3. The van der Waals surface area contributed by atoms with Gasteiger partial charge in [-0.25, -0.2) is 0 Å². The average molecular weight is 407 g/mol. The van der Waals surface area contributed by atoms with Crippen molar-refractivity contribution in [2.24, 2.45) is 46.3 Å². The summed E-state index contributed by atoms with van der Waals surface area (Å²) in [5, 5.41) is 43.5. The normalized spacial score (nSPS) is 61.1. The highest BCUT2D eigenvalue weighted by atomic mass is 16.3. The van der Waals surface area contributed by atoms with E-state index in [1.165, 1.54) is 0 Å². The molecular formula is C25H42O4. The molecule has 166 valence electrons. The second-order valence-corrected chi connectivity index (χ2v) is 12.3. The van der Waals surface area contributed by atoms with Gasteiger partial charge < -0.3 is 20.4 Å². The minimum atomic E-state index is -0.739. The topological polar surface area (TPSA) is 80.9 Å². The van der Waals surface area contributed by atoms with E-state index in [0.29, 0.717) is 48.3 Å². The molecule has 0 aromatic rings. The van der Waals surface area contributed by atoms with Crippen LogP contribution < -0.4 is 0 Å². The zero-order chi connectivity index (χ0) is 20.8. The summed E-state index contributed by atoms with van der Waals surface area (Å²) < 4.78 is 0. The molecule has 5 fully saturated rings. The van der Waals surface area contributed by atoms with Gasteiger partial charge in [-0.3, -0.25) is 0 Å². The molecule has 0 aromatic carbocycles. The summed E-state index contributed by atoms with van der Waals surface area (Å²) in [6.07, 6.45) is 8.81. The van der Waals surface area contributed by atoms with E-state index in [-0.39, 0.29) is 23.5 Å². The second-order valence-electron chi connectivity index (χ2n) is 12.3. The lowest BCUT2D eigenvalue weighted by atomic mass is 9.48. The molecule has 5 saturated carbocycles. The van der Waals surface area contributed by atoms with Crippen LogP contribution in [0.1, 0.15) is 85.0 Å². The van der Waals surface area contributed by atoms with Crippen LogP contribution in [0.5, 0.6) is 0 Å². The first kappa shape index (κ1) is 20.7. The molecule has 4 N–H and O–H groups in total. The Hall–Kier alpha value is -0.160. The van der Waals surface area contributed by atoms with Crippen molar-refractivity contribution in [3.63, 3.8) is 0 Å². The minimum absolute atomic E-state index is 0.0399. The summed E-state index contributed by atoms with van der Waals surface area (Å²) in [5.41, 5.74) is -1.51. The zero-order valence-corrected chi connectivity index (χ0v) is 18.6. The quantitative estimate of drug-likeness (QED) is 0.563. The Kier molecular flexibility index (Phi) is 4.60. The molecular weight excluding hydrogens is 364 g/mol. The highest BCUT2D eigenvalue weighted by molar-refractivity contribution is 5.23. The molecule has 0 bridgehead atoms. The van der Waals surface area contributed by atoms with Gasteiger partial charge in [0.1, 0.15) is 0 Å². The largest absolute Gasteiger partial charge is 0.396 e. The van der Waals surface area contributed by atoms with Crippen LogP contribution in [-0.2, 0) is 0 Å². The van der Waals surface area contributed by atoms with E-state index in [4.69, 9.17) is 0 Å². The van der Waals surface area contributed by atoms with Gasteiger partial charge in [-0.1, -0.05) is 20.8 Å². The maximum absolute atomic E-state index is 12.0. The summed E-state index contributed by atoms with van der Waals surface area (Å²) in [5.74, 6) is 2.99. The summed E-state index contributed by atoms with van der Waals surface area (Å²) in [6, 6.07) is 0. The van der Waals surface area contributed by atoms with E-state index < -0.39 is 11.2 Å². The lowest BCUT2D eigenvalue weighted by Crippen LogP contribution is -2.60. The van der Waals surface area contributed by atoms with Gasteiger partial charge in [-0.05, 0) is 104 Å². The predicted molar refractivity (Wildman–Crippen MR) is 112 cm³/mol. The number of rotatable bonds is 5. The third-order valence-corrected chi connectivity index (χ3v) is 11.2. The van der Waals surface area contributed by atoms with Gasteiger partial charge >= 0.3 is 0 Å². The van der Waals surface area contributed by atoms with E-state index in [0.717, 1.165) is 51.4 Å². The molecule has 4 nitrogen and oxygen atoms in total. The molecule has 0 saturated heterocycles. The van der Waals surface area contributed by atoms with Gasteiger partial charge in [-0.2, -0.15) is 0 Å². The first-order valence-electron chi connectivity index (χ1n) is 12.3. The van der Waals surface area contributed by atoms with Crippen molar-refractivity contribution >= 4 is 0 Å². The van der Waals surface area contributed by atoms with Crippen LogP contribution in [-0.4, -0.2) is 44.3 Å². The molecule has 29 heavy (non-hydrogen) atoms. The molecule has 0 aromatic heterocycles. The Balaban J connectivity index is 1.41. The molecule has 5 aliphatic carbocycles. The number of aliphatic hydroxyl groups is 4. The van der Waals surface area contributed by atoms with E-state index in [9.17, 15) is 20.4 Å². The van der Waals surface area contributed by atoms with Crippen molar-refractivity contribution in [1.29, 1.82) is 0 Å². The van der Waals surface area contributed by atoms with Gasteiger partial charge in [0, 0.05) is 13.0 Å². The fourth-order valence-electron chi connectivity index (χ4n) is 9.06. The van der Waals surface area contributed by atoms with Gasteiger partial charge in [0.25, 0.3) is 0 Å². The highest BCUT2D eigenvalue weighted by Crippen LogP contribution is 2.75. The maximum atomic E-state index is 12.0. The first-order chi connectivity index (χ1) is 13.6. The Morgan fingerprint density at radius 2 is 1.59 bits per heavy atom. The Labute approximate surface area is 176 Å². The molecule has 0 amide bonds. The average Bonchev–Trinajstić information content (AvgIpc) is 3.58. The summed E-state index contributed by atoms with van der Waals surface area (Å²) in [6.45, 7) is 7.05. The van der Waals surface area contributed by atoms with E-state index in [1.54, 1.807) is 0 Å². The van der Waals surface area contributed by atoms with Crippen molar-refractivity contribution in [1.82, 2.24) is 0 Å². The Morgan fingerprint density at radius 1 is 0.897 bits per heavy atom. The third kappa shape index (κ3) is 2.64. The third-order valence-electron chi connectivity index (χ3n) is 11.2. The molecule has 0 spiro atoms. The molecule has 0 radical (unpaired) electrons. The smallest absolute Gasteiger partial charge is 0.0758 e. The van der Waals surface area contributed by atoms with Crippen LogP contribution in [0.4, 0.5) is 0 Å². The molecule has 5 unspecified atom stereocenters. The van der Waals surface area contributed by atoms with E-state index in [2.05, 4.69) is 20.8 Å². The predicted octanol–water partition coefficient (Wildman–Crippen LogP) is 3.50. The summed E-state index contributed by atoms with van der Waals surface area (Å²) >= 11 is 0. The summed E-state index contributed by atoms with van der Waals surface area (Å²) in [7, 11) is 0. The number of hydrogen-bond acceptors (Lipinski definition) is 4. The lowest BCUT2D eigenvalue weighted by molar-refractivity contribution is -0.196. The van der Waals surface area contributed by atoms with Gasteiger partial charge in [-0.15, -0.1) is 0 Å². The zero-order valence-electron chi connectivity index (χ0n) is 18.6. The highest BCUT2D eigenvalue weighted by Gasteiger charge is 2.74. The van der Waals surface area contributed by atoms with E-state index in [1.807, 2.05) is 0 Å².